The van der Waals surface area contributed by atoms with E-state index in [0.717, 1.165) is 11.1 Å². The average Bonchev–Trinajstić information content (AvgIpc) is 2.57. The van der Waals surface area contributed by atoms with Gasteiger partial charge in [-0.25, -0.2) is 8.42 Å². The highest BCUT2D eigenvalue weighted by Gasteiger charge is 2.16. The summed E-state index contributed by atoms with van der Waals surface area (Å²) in [6.07, 6.45) is 0.928. The van der Waals surface area contributed by atoms with Gasteiger partial charge in [0, 0.05) is 18.0 Å². The molecule has 5 nitrogen and oxygen atoms in total. The molecular weight excluding hydrogens is 360 g/mol. The van der Waals surface area contributed by atoms with Gasteiger partial charge in [0.2, 0.25) is 5.91 Å². The predicted octanol–water partition coefficient (Wildman–Crippen LogP) is 4.06. The number of benzene rings is 2. The number of anilines is 2. The maximum atomic E-state index is 12.6. The largest absolute Gasteiger partial charge is 0.326 e. The van der Waals surface area contributed by atoms with Gasteiger partial charge in [0.05, 0.1) is 10.6 Å². The number of hydrogen-bond donors (Lipinski definition) is 2. The SMILES string of the molecule is Cc1cccc(C)c1NS(=O)(=O)c1ccc(NC(=O)CCCCl)cc1. The van der Waals surface area contributed by atoms with Crippen molar-refractivity contribution in [2.75, 3.05) is 15.9 Å². The number of hydrogen-bond acceptors (Lipinski definition) is 3. The van der Waals surface area contributed by atoms with Gasteiger partial charge in [0.15, 0.2) is 0 Å². The summed E-state index contributed by atoms with van der Waals surface area (Å²) in [5, 5.41) is 2.71. The zero-order valence-electron chi connectivity index (χ0n) is 14.2. The van der Waals surface area contributed by atoms with Crippen molar-refractivity contribution in [1.82, 2.24) is 0 Å². The third-order valence-corrected chi connectivity index (χ3v) is 5.34. The molecule has 2 N–H and O–H groups in total. The van der Waals surface area contributed by atoms with Gasteiger partial charge in [-0.3, -0.25) is 9.52 Å². The molecule has 2 rings (SSSR count). The fourth-order valence-electron chi connectivity index (χ4n) is 2.34. The molecule has 0 fully saturated rings. The Bertz CT molecular complexity index is 829. The Kier molecular flexibility index (Phi) is 6.45. The van der Waals surface area contributed by atoms with E-state index in [1.807, 2.05) is 32.0 Å². The Hall–Kier alpha value is -2.05. The average molecular weight is 381 g/mol. The molecule has 0 aliphatic carbocycles. The number of carbonyl (C=O) groups is 1. The van der Waals surface area contributed by atoms with Crippen molar-refractivity contribution in [2.24, 2.45) is 0 Å². The summed E-state index contributed by atoms with van der Waals surface area (Å²) in [5.41, 5.74) is 2.84. The van der Waals surface area contributed by atoms with Crippen molar-refractivity contribution in [3.8, 4) is 0 Å². The Balaban J connectivity index is 2.14. The molecule has 0 aliphatic heterocycles. The van der Waals surface area contributed by atoms with Crippen LogP contribution < -0.4 is 10.0 Å². The topological polar surface area (TPSA) is 75.3 Å². The smallest absolute Gasteiger partial charge is 0.261 e. The molecule has 0 saturated heterocycles. The van der Waals surface area contributed by atoms with Crippen molar-refractivity contribution >= 4 is 38.9 Å². The van der Waals surface area contributed by atoms with E-state index in [1.54, 1.807) is 12.1 Å². The van der Waals surface area contributed by atoms with Crippen LogP contribution in [0.4, 0.5) is 11.4 Å². The zero-order valence-corrected chi connectivity index (χ0v) is 15.7. The van der Waals surface area contributed by atoms with Gasteiger partial charge in [-0.2, -0.15) is 0 Å². The number of amides is 1. The first-order valence-electron chi connectivity index (χ1n) is 7.88. The van der Waals surface area contributed by atoms with E-state index < -0.39 is 10.0 Å². The van der Waals surface area contributed by atoms with E-state index >= 15 is 0 Å². The van der Waals surface area contributed by atoms with Crippen LogP contribution in [0.5, 0.6) is 0 Å². The Morgan fingerprint density at radius 3 is 2.20 bits per heavy atom. The lowest BCUT2D eigenvalue weighted by Gasteiger charge is -2.13. The second-order valence-corrected chi connectivity index (χ2v) is 7.80. The van der Waals surface area contributed by atoms with E-state index in [-0.39, 0.29) is 10.8 Å². The molecule has 0 aliphatic rings. The third kappa shape index (κ3) is 5.21. The lowest BCUT2D eigenvalue weighted by molar-refractivity contribution is -0.116. The number of sulfonamides is 1. The maximum absolute atomic E-state index is 12.6. The van der Waals surface area contributed by atoms with Gasteiger partial charge in [-0.15, -0.1) is 11.6 Å². The van der Waals surface area contributed by atoms with Gasteiger partial charge in [-0.05, 0) is 55.7 Å². The van der Waals surface area contributed by atoms with Crippen LogP contribution in [0.1, 0.15) is 24.0 Å². The Morgan fingerprint density at radius 2 is 1.64 bits per heavy atom. The summed E-state index contributed by atoms with van der Waals surface area (Å²) < 4.78 is 27.8. The molecule has 0 saturated carbocycles. The first-order chi connectivity index (χ1) is 11.8. The number of aryl methyl sites for hydroxylation is 2. The van der Waals surface area contributed by atoms with E-state index in [2.05, 4.69) is 10.0 Å². The van der Waals surface area contributed by atoms with Crippen molar-refractivity contribution in [2.45, 2.75) is 31.6 Å². The van der Waals surface area contributed by atoms with Crippen molar-refractivity contribution in [3.05, 3.63) is 53.6 Å². The first-order valence-corrected chi connectivity index (χ1v) is 9.90. The lowest BCUT2D eigenvalue weighted by Crippen LogP contribution is -2.15. The Morgan fingerprint density at radius 1 is 1.04 bits per heavy atom. The van der Waals surface area contributed by atoms with Crippen molar-refractivity contribution in [1.29, 1.82) is 0 Å². The zero-order chi connectivity index (χ0) is 18.4. The minimum Gasteiger partial charge on any atom is -0.326 e. The van der Waals surface area contributed by atoms with Crippen molar-refractivity contribution < 1.29 is 13.2 Å². The summed E-state index contributed by atoms with van der Waals surface area (Å²) in [6, 6.07) is 11.6. The lowest BCUT2D eigenvalue weighted by atomic mass is 10.1. The van der Waals surface area contributed by atoms with E-state index in [0.29, 0.717) is 30.1 Å². The Labute approximate surface area is 153 Å². The van der Waals surface area contributed by atoms with Gasteiger partial charge in [-0.1, -0.05) is 18.2 Å². The van der Waals surface area contributed by atoms with E-state index in [4.69, 9.17) is 11.6 Å². The maximum Gasteiger partial charge on any atom is 0.261 e. The van der Waals surface area contributed by atoms with Crippen LogP contribution in [-0.2, 0) is 14.8 Å². The molecule has 25 heavy (non-hydrogen) atoms. The standard InChI is InChI=1S/C18H21ClN2O3S/c1-13-5-3-6-14(2)18(13)21-25(23,24)16-10-8-15(9-11-16)20-17(22)7-4-12-19/h3,5-6,8-11,21H,4,7,12H2,1-2H3,(H,20,22). The molecule has 0 spiro atoms. The highest BCUT2D eigenvalue weighted by atomic mass is 35.5. The molecule has 1 amide bonds. The van der Waals surface area contributed by atoms with Crippen LogP contribution in [0.2, 0.25) is 0 Å². The van der Waals surface area contributed by atoms with Gasteiger partial charge in [0.1, 0.15) is 0 Å². The fraction of sp³-hybridized carbons (Fsp3) is 0.278. The molecule has 0 unspecified atom stereocenters. The first kappa shape index (κ1) is 19.3. The summed E-state index contributed by atoms with van der Waals surface area (Å²) in [4.78, 5) is 11.8. The molecule has 7 heteroatoms. The quantitative estimate of drug-likeness (QED) is 0.711. The number of carbonyl (C=O) groups excluding carboxylic acids is 1. The third-order valence-electron chi connectivity index (χ3n) is 3.70. The molecule has 0 heterocycles. The molecule has 2 aromatic rings. The summed E-state index contributed by atoms with van der Waals surface area (Å²) in [7, 11) is -3.70. The fourth-order valence-corrected chi connectivity index (χ4v) is 3.67. The minimum absolute atomic E-state index is 0.133. The monoisotopic (exact) mass is 380 g/mol. The molecule has 134 valence electrons. The van der Waals surface area contributed by atoms with Crippen LogP contribution in [0.3, 0.4) is 0 Å². The minimum atomic E-state index is -3.70. The van der Waals surface area contributed by atoms with Crippen LogP contribution in [0.15, 0.2) is 47.4 Å². The summed E-state index contributed by atoms with van der Waals surface area (Å²) in [5.74, 6) is 0.277. The van der Waals surface area contributed by atoms with Gasteiger partial charge < -0.3 is 5.32 Å². The highest BCUT2D eigenvalue weighted by molar-refractivity contribution is 7.92. The summed E-state index contributed by atoms with van der Waals surface area (Å²) >= 11 is 5.55. The van der Waals surface area contributed by atoms with Gasteiger partial charge >= 0.3 is 0 Å². The van der Waals surface area contributed by atoms with Gasteiger partial charge in [0.25, 0.3) is 10.0 Å². The van der Waals surface area contributed by atoms with Crippen LogP contribution in [-0.4, -0.2) is 20.2 Å². The molecule has 0 radical (unpaired) electrons. The number of halogens is 1. The van der Waals surface area contributed by atoms with Crippen molar-refractivity contribution in [3.63, 3.8) is 0 Å². The number of alkyl halides is 1. The molecule has 0 atom stereocenters. The second kappa shape index (κ2) is 8.36. The number of rotatable bonds is 7. The van der Waals surface area contributed by atoms with Crippen LogP contribution in [0.25, 0.3) is 0 Å². The predicted molar refractivity (Wildman–Crippen MR) is 102 cm³/mol. The molecule has 0 bridgehead atoms. The van der Waals surface area contributed by atoms with E-state index in [9.17, 15) is 13.2 Å². The van der Waals surface area contributed by atoms with Crippen LogP contribution in [0, 0.1) is 13.8 Å². The summed E-state index contributed by atoms with van der Waals surface area (Å²) in [6.45, 7) is 3.70. The second-order valence-electron chi connectivity index (χ2n) is 5.74. The number of nitrogens with one attached hydrogen (secondary N) is 2. The normalized spacial score (nSPS) is 11.2. The van der Waals surface area contributed by atoms with E-state index in [1.165, 1.54) is 12.1 Å². The van der Waals surface area contributed by atoms with Crippen LogP contribution >= 0.6 is 11.6 Å². The number of para-hydroxylation sites is 1. The highest BCUT2D eigenvalue weighted by Crippen LogP contribution is 2.24. The molecule has 0 aromatic heterocycles. The molecule has 2 aromatic carbocycles. The molecular formula is C18H21ClN2O3S.